The summed E-state index contributed by atoms with van der Waals surface area (Å²) in [5.74, 6) is 2.79. The molecule has 1 rings (SSSR count). The Balaban J connectivity index is 0.000001000. The van der Waals surface area contributed by atoms with Crippen molar-refractivity contribution in [1.29, 1.82) is 0 Å². The first kappa shape index (κ1) is 10.1. The molecule has 0 saturated carbocycles. The summed E-state index contributed by atoms with van der Waals surface area (Å²) < 4.78 is 4.57. The van der Waals surface area contributed by atoms with Gasteiger partial charge in [0.25, 0.3) is 0 Å². The van der Waals surface area contributed by atoms with Gasteiger partial charge in [0.1, 0.15) is 6.11 Å². The van der Waals surface area contributed by atoms with Crippen LogP contribution in [0.25, 0.3) is 0 Å². The van der Waals surface area contributed by atoms with Crippen molar-refractivity contribution in [3.8, 4) is 12.0 Å². The molecule has 0 fully saturated rings. The summed E-state index contributed by atoms with van der Waals surface area (Å²) in [4.78, 5) is 0. The Bertz CT molecular complexity index is 245. The molecule has 0 N–H and O–H groups in total. The third-order valence-electron chi connectivity index (χ3n) is 1.00. The van der Waals surface area contributed by atoms with Crippen LogP contribution in [0.15, 0.2) is 24.3 Å². The van der Waals surface area contributed by atoms with E-state index in [-0.39, 0.29) is 17.1 Å². The minimum absolute atomic E-state index is 0. The molecule has 0 bridgehead atoms. The topological polar surface area (TPSA) is 9.23 Å². The van der Waals surface area contributed by atoms with E-state index in [1.807, 2.05) is 24.3 Å². The molecule has 2 heteroatoms. The number of hydrogen-bond donors (Lipinski definition) is 0. The minimum Gasteiger partial charge on any atom is -0.450 e. The Morgan fingerprint density at radius 3 is 2.91 bits per heavy atom. The van der Waals surface area contributed by atoms with Crippen molar-refractivity contribution in [1.82, 2.24) is 0 Å². The van der Waals surface area contributed by atoms with Gasteiger partial charge in [-0.15, -0.1) is 0 Å². The van der Waals surface area contributed by atoms with Crippen LogP contribution in [0.2, 0.25) is 0 Å². The van der Waals surface area contributed by atoms with E-state index in [2.05, 4.69) is 22.8 Å². The quantitative estimate of drug-likeness (QED) is 0.345. The summed E-state index contributed by atoms with van der Waals surface area (Å²) in [5.41, 5.74) is 0.921. The normalized spacial score (nSPS) is 7.00. The standard InChI is InChI=1S/C9H7O.Cu/c1-10-8-7-9-5-3-2-4-6-9;/h2-3,5-6H,1H3;/q-1;+1. The van der Waals surface area contributed by atoms with Gasteiger partial charge in [-0.2, -0.15) is 30.3 Å². The monoisotopic (exact) mass is 194 g/mol. The van der Waals surface area contributed by atoms with Gasteiger partial charge < -0.3 is 4.74 Å². The van der Waals surface area contributed by atoms with Gasteiger partial charge in [-0.3, -0.25) is 0 Å². The smallest absolute Gasteiger partial charge is 0.450 e. The Kier molecular flexibility index (Phi) is 5.37. The SMILES string of the molecule is COC#Cc1c[c-]ccc1.[Cu+]. The van der Waals surface area contributed by atoms with Crippen molar-refractivity contribution in [2.75, 3.05) is 7.11 Å². The van der Waals surface area contributed by atoms with Crippen molar-refractivity contribution >= 4 is 0 Å². The number of hydrogen-bond acceptors (Lipinski definition) is 1. The van der Waals surface area contributed by atoms with Crippen LogP contribution in [0.3, 0.4) is 0 Å². The Morgan fingerprint density at radius 1 is 1.55 bits per heavy atom. The van der Waals surface area contributed by atoms with E-state index in [1.165, 1.54) is 0 Å². The molecule has 1 aromatic rings. The molecular weight excluding hydrogens is 188 g/mol. The van der Waals surface area contributed by atoms with Gasteiger partial charge in [0.05, 0.1) is 7.11 Å². The van der Waals surface area contributed by atoms with Crippen LogP contribution in [0.5, 0.6) is 0 Å². The molecule has 0 heterocycles. The molecule has 0 radical (unpaired) electrons. The van der Waals surface area contributed by atoms with Gasteiger partial charge in [0.15, 0.2) is 0 Å². The molecule has 0 aromatic heterocycles. The molecule has 1 nitrogen and oxygen atoms in total. The maximum Gasteiger partial charge on any atom is 1.00 e. The summed E-state index contributed by atoms with van der Waals surface area (Å²) in [6, 6.07) is 10.3. The molecule has 60 valence electrons. The fraction of sp³-hybridized carbons (Fsp3) is 0.111. The van der Waals surface area contributed by atoms with E-state index in [0.717, 1.165) is 5.56 Å². The molecule has 0 aliphatic rings. The fourth-order valence-corrected chi connectivity index (χ4v) is 0.581. The van der Waals surface area contributed by atoms with Crippen molar-refractivity contribution in [2.45, 2.75) is 0 Å². The van der Waals surface area contributed by atoms with Crippen LogP contribution in [0.4, 0.5) is 0 Å². The van der Waals surface area contributed by atoms with Crippen LogP contribution in [-0.4, -0.2) is 7.11 Å². The van der Waals surface area contributed by atoms with Crippen LogP contribution < -0.4 is 0 Å². The van der Waals surface area contributed by atoms with E-state index >= 15 is 0 Å². The molecule has 0 unspecified atom stereocenters. The first-order valence-electron chi connectivity index (χ1n) is 2.93. The van der Waals surface area contributed by atoms with E-state index in [9.17, 15) is 0 Å². The molecule has 0 saturated heterocycles. The van der Waals surface area contributed by atoms with Crippen LogP contribution in [-0.2, 0) is 21.8 Å². The molecule has 0 atom stereocenters. The number of rotatable bonds is 0. The zero-order chi connectivity index (χ0) is 7.23. The zero-order valence-electron chi connectivity index (χ0n) is 6.02. The van der Waals surface area contributed by atoms with Crippen LogP contribution in [0, 0.1) is 18.1 Å². The van der Waals surface area contributed by atoms with Crippen molar-refractivity contribution < 1.29 is 21.8 Å². The predicted molar refractivity (Wildman–Crippen MR) is 39.2 cm³/mol. The first-order valence-corrected chi connectivity index (χ1v) is 2.93. The van der Waals surface area contributed by atoms with Crippen molar-refractivity contribution in [3.63, 3.8) is 0 Å². The van der Waals surface area contributed by atoms with Gasteiger partial charge >= 0.3 is 17.1 Å². The molecule has 0 amide bonds. The molecule has 11 heavy (non-hydrogen) atoms. The fourth-order valence-electron chi connectivity index (χ4n) is 0.581. The summed E-state index contributed by atoms with van der Waals surface area (Å²) in [7, 11) is 1.54. The maximum absolute atomic E-state index is 4.57. The largest absolute Gasteiger partial charge is 1.00 e. The Hall–Kier alpha value is -0.901. The maximum atomic E-state index is 4.57. The minimum atomic E-state index is 0. The van der Waals surface area contributed by atoms with E-state index in [1.54, 1.807) is 7.11 Å². The molecule has 0 aliphatic carbocycles. The summed E-state index contributed by atoms with van der Waals surface area (Å²) in [6.45, 7) is 0. The second-order valence-electron chi connectivity index (χ2n) is 1.72. The van der Waals surface area contributed by atoms with Crippen molar-refractivity contribution in [2.24, 2.45) is 0 Å². The molecule has 0 spiro atoms. The summed E-state index contributed by atoms with van der Waals surface area (Å²) in [5, 5.41) is 0. The molecular formula is C9H7CuO. The molecule has 0 aliphatic heterocycles. The summed E-state index contributed by atoms with van der Waals surface area (Å²) >= 11 is 0. The van der Waals surface area contributed by atoms with Gasteiger partial charge in [-0.05, 0) is 0 Å². The van der Waals surface area contributed by atoms with Gasteiger partial charge in [0.2, 0.25) is 0 Å². The van der Waals surface area contributed by atoms with E-state index in [0.29, 0.717) is 0 Å². The molecule has 1 aromatic carbocycles. The Morgan fingerprint density at radius 2 is 2.36 bits per heavy atom. The van der Waals surface area contributed by atoms with Gasteiger partial charge in [0, 0.05) is 0 Å². The van der Waals surface area contributed by atoms with E-state index in [4.69, 9.17) is 0 Å². The second-order valence-corrected chi connectivity index (χ2v) is 1.72. The number of ether oxygens (including phenoxy) is 1. The van der Waals surface area contributed by atoms with Crippen LogP contribution in [0.1, 0.15) is 5.56 Å². The van der Waals surface area contributed by atoms with Crippen LogP contribution >= 0.6 is 0 Å². The number of methoxy groups -OCH3 is 1. The first-order chi connectivity index (χ1) is 4.93. The third kappa shape index (κ3) is 3.72. The number of benzene rings is 1. The summed E-state index contributed by atoms with van der Waals surface area (Å²) in [6.07, 6.45) is 2.49. The average Bonchev–Trinajstić information content (AvgIpc) is 2.03. The zero-order valence-corrected chi connectivity index (χ0v) is 6.96. The Labute approximate surface area is 77.2 Å². The predicted octanol–water partition coefficient (Wildman–Crippen LogP) is 1.44. The van der Waals surface area contributed by atoms with Gasteiger partial charge in [-0.1, -0.05) is 11.5 Å². The average molecular weight is 195 g/mol. The van der Waals surface area contributed by atoms with E-state index < -0.39 is 0 Å². The van der Waals surface area contributed by atoms with Gasteiger partial charge in [-0.25, -0.2) is 0 Å². The van der Waals surface area contributed by atoms with Crippen molar-refractivity contribution in [3.05, 3.63) is 35.9 Å². The third-order valence-corrected chi connectivity index (χ3v) is 1.00. The second kappa shape index (κ2) is 5.85.